The minimum atomic E-state index is -1.06. The average Bonchev–Trinajstić information content (AvgIpc) is 3.55. The number of benzene rings is 2. The number of hydrazone groups is 1. The van der Waals surface area contributed by atoms with Gasteiger partial charge in [-0.25, -0.2) is 9.80 Å². The molecule has 5 rings (SSSR count). The van der Waals surface area contributed by atoms with Crippen LogP contribution in [0.1, 0.15) is 17.4 Å². The molecule has 0 saturated carbocycles. The summed E-state index contributed by atoms with van der Waals surface area (Å²) in [5.74, 6) is -0.646. The molecule has 0 unspecified atom stereocenters. The number of anilines is 2. The molecule has 1 saturated heterocycles. The zero-order chi connectivity index (χ0) is 23.7. The lowest BCUT2D eigenvalue weighted by molar-refractivity contribution is -0.134. The number of hydrogen-bond donors (Lipinski definition) is 0. The first-order chi connectivity index (χ1) is 16.5. The number of carbonyl (C=O) groups is 2. The van der Waals surface area contributed by atoms with Crippen molar-refractivity contribution in [2.24, 2.45) is 5.10 Å². The average molecular weight is 508 g/mol. The van der Waals surface area contributed by atoms with Gasteiger partial charge in [-0.15, -0.1) is 11.3 Å². The van der Waals surface area contributed by atoms with E-state index in [0.717, 1.165) is 21.8 Å². The zero-order valence-corrected chi connectivity index (χ0v) is 21.0. The minimum absolute atomic E-state index is 0.144. The first kappa shape index (κ1) is 22.8. The zero-order valence-electron chi connectivity index (χ0n) is 18.5. The van der Waals surface area contributed by atoms with Crippen molar-refractivity contribution in [1.29, 1.82) is 0 Å². The van der Waals surface area contributed by atoms with Gasteiger partial charge in [0.1, 0.15) is 0 Å². The van der Waals surface area contributed by atoms with Crippen LogP contribution in [0.3, 0.4) is 0 Å². The van der Waals surface area contributed by atoms with Crippen LogP contribution in [-0.2, 0) is 14.3 Å². The molecule has 0 aliphatic carbocycles. The Bertz CT molecular complexity index is 1270. The van der Waals surface area contributed by atoms with Crippen LogP contribution in [0.4, 0.5) is 11.4 Å². The second kappa shape index (κ2) is 9.32. The Hall–Kier alpha value is -3.01. The number of para-hydroxylation sites is 1. The summed E-state index contributed by atoms with van der Waals surface area (Å²) in [7, 11) is 0. The standard InChI is InChI=1S/C25H21N3O3S3/c1-3-31-24(30)22-26-28(19-13-11-17(2)12-14-19)25(34-22)27(18-8-5-4-6-9-18)23(29)21(33-25)16-20-10-7-15-32-20/h4-16H,3H2,1-2H3/b21-16-/t25-/m1/s1. The van der Waals surface area contributed by atoms with Gasteiger partial charge in [0.15, 0.2) is 0 Å². The van der Waals surface area contributed by atoms with E-state index in [1.807, 2.05) is 85.1 Å². The smallest absolute Gasteiger partial charge is 0.365 e. The number of thioether (sulfide) groups is 2. The number of rotatable bonds is 5. The number of ether oxygens (including phenoxy) is 1. The van der Waals surface area contributed by atoms with Crippen LogP contribution in [-0.4, -0.2) is 27.9 Å². The molecule has 0 bridgehead atoms. The first-order valence-corrected chi connectivity index (χ1v) is 13.2. The van der Waals surface area contributed by atoms with E-state index in [4.69, 9.17) is 4.74 Å². The van der Waals surface area contributed by atoms with Crippen molar-refractivity contribution in [1.82, 2.24) is 0 Å². The molecule has 2 aromatic carbocycles. The Morgan fingerprint density at radius 3 is 2.47 bits per heavy atom. The monoisotopic (exact) mass is 507 g/mol. The van der Waals surface area contributed by atoms with Gasteiger partial charge in [0, 0.05) is 10.6 Å². The molecular weight excluding hydrogens is 486 g/mol. The van der Waals surface area contributed by atoms with E-state index in [2.05, 4.69) is 5.10 Å². The highest BCUT2D eigenvalue weighted by Gasteiger charge is 2.60. The number of aryl methyl sites for hydroxylation is 1. The van der Waals surface area contributed by atoms with Crippen LogP contribution < -0.4 is 9.91 Å². The fraction of sp³-hybridized carbons (Fsp3) is 0.160. The van der Waals surface area contributed by atoms with E-state index in [1.165, 1.54) is 23.5 Å². The predicted octanol–water partition coefficient (Wildman–Crippen LogP) is 5.92. The molecule has 172 valence electrons. The third kappa shape index (κ3) is 4.04. The van der Waals surface area contributed by atoms with Gasteiger partial charge in [0.2, 0.25) is 9.37 Å². The highest BCUT2D eigenvalue weighted by atomic mass is 32.2. The first-order valence-electron chi connectivity index (χ1n) is 10.7. The summed E-state index contributed by atoms with van der Waals surface area (Å²) in [5.41, 5.74) is 2.60. The van der Waals surface area contributed by atoms with Gasteiger partial charge >= 0.3 is 5.97 Å². The molecule has 9 heteroatoms. The minimum Gasteiger partial charge on any atom is -0.461 e. The summed E-state index contributed by atoms with van der Waals surface area (Å²) in [5, 5.41) is 8.63. The largest absolute Gasteiger partial charge is 0.461 e. The number of hydrogen-bond acceptors (Lipinski definition) is 8. The molecule has 2 aliphatic heterocycles. The van der Waals surface area contributed by atoms with Crippen molar-refractivity contribution < 1.29 is 14.3 Å². The van der Waals surface area contributed by atoms with Crippen molar-refractivity contribution in [3.63, 3.8) is 0 Å². The summed E-state index contributed by atoms with van der Waals surface area (Å²) < 4.78 is 4.21. The Balaban J connectivity index is 1.67. The third-order valence-electron chi connectivity index (χ3n) is 5.19. The molecule has 0 radical (unpaired) electrons. The van der Waals surface area contributed by atoms with Gasteiger partial charge in [0.25, 0.3) is 5.91 Å². The van der Waals surface area contributed by atoms with Crippen LogP contribution in [0.15, 0.2) is 82.1 Å². The van der Waals surface area contributed by atoms with Gasteiger partial charge in [-0.2, -0.15) is 5.10 Å². The van der Waals surface area contributed by atoms with Crippen molar-refractivity contribution in [3.05, 3.63) is 87.5 Å². The lowest BCUT2D eigenvalue weighted by atomic mass is 10.2. The van der Waals surface area contributed by atoms with E-state index >= 15 is 0 Å². The Morgan fingerprint density at radius 1 is 1.03 bits per heavy atom. The fourth-order valence-corrected chi connectivity index (χ4v) is 7.25. The summed E-state index contributed by atoms with van der Waals surface area (Å²) in [6.45, 7) is 4.02. The molecule has 1 spiro atoms. The number of thiophene rings is 1. The molecule has 3 heterocycles. The molecule has 2 aliphatic rings. The normalized spacial score (nSPS) is 20.9. The molecule has 1 atom stereocenters. The second-order valence-electron chi connectivity index (χ2n) is 7.53. The van der Waals surface area contributed by atoms with Crippen LogP contribution in [0.5, 0.6) is 0 Å². The lowest BCUT2D eigenvalue weighted by Gasteiger charge is -2.38. The molecule has 1 aromatic heterocycles. The van der Waals surface area contributed by atoms with Gasteiger partial charge in [0.05, 0.1) is 17.2 Å². The van der Waals surface area contributed by atoms with Crippen LogP contribution in [0, 0.1) is 6.92 Å². The quantitative estimate of drug-likeness (QED) is 0.316. The van der Waals surface area contributed by atoms with E-state index < -0.39 is 10.3 Å². The molecule has 34 heavy (non-hydrogen) atoms. The number of amides is 1. The van der Waals surface area contributed by atoms with E-state index in [1.54, 1.807) is 28.2 Å². The maximum atomic E-state index is 13.9. The summed E-state index contributed by atoms with van der Waals surface area (Å²) in [6, 6.07) is 21.3. The van der Waals surface area contributed by atoms with Crippen molar-refractivity contribution >= 4 is 69.2 Å². The van der Waals surface area contributed by atoms with E-state index in [0.29, 0.717) is 4.91 Å². The summed E-state index contributed by atoms with van der Waals surface area (Å²) in [6.07, 6.45) is 1.90. The summed E-state index contributed by atoms with van der Waals surface area (Å²) in [4.78, 5) is 29.9. The van der Waals surface area contributed by atoms with E-state index in [-0.39, 0.29) is 17.6 Å². The maximum absolute atomic E-state index is 13.9. The highest BCUT2D eigenvalue weighted by molar-refractivity contribution is 8.29. The fourth-order valence-electron chi connectivity index (χ4n) is 3.65. The summed E-state index contributed by atoms with van der Waals surface area (Å²) >= 11 is 4.18. The lowest BCUT2D eigenvalue weighted by Crippen LogP contribution is -2.51. The Kier molecular flexibility index (Phi) is 6.24. The highest BCUT2D eigenvalue weighted by Crippen LogP contribution is 2.59. The van der Waals surface area contributed by atoms with E-state index in [9.17, 15) is 9.59 Å². The maximum Gasteiger partial charge on any atom is 0.365 e. The molecule has 1 amide bonds. The van der Waals surface area contributed by atoms with Crippen molar-refractivity contribution in [3.8, 4) is 0 Å². The molecule has 3 aromatic rings. The van der Waals surface area contributed by atoms with Crippen molar-refractivity contribution in [2.75, 3.05) is 16.5 Å². The van der Waals surface area contributed by atoms with Gasteiger partial charge in [-0.3, -0.25) is 9.69 Å². The number of esters is 1. The molecule has 0 N–H and O–H groups in total. The van der Waals surface area contributed by atoms with Gasteiger partial charge in [-0.1, -0.05) is 53.7 Å². The topological polar surface area (TPSA) is 62.2 Å². The molecular formula is C25H21N3O3S3. The molecule has 1 fully saturated rings. The molecule has 6 nitrogen and oxygen atoms in total. The van der Waals surface area contributed by atoms with Crippen LogP contribution >= 0.6 is 34.9 Å². The third-order valence-corrected chi connectivity index (χ3v) is 8.70. The second-order valence-corrected chi connectivity index (χ2v) is 11.1. The van der Waals surface area contributed by atoms with Gasteiger partial charge in [-0.05, 0) is 67.4 Å². The van der Waals surface area contributed by atoms with Gasteiger partial charge < -0.3 is 4.74 Å². The number of carbonyl (C=O) groups excluding carboxylic acids is 2. The van der Waals surface area contributed by atoms with Crippen LogP contribution in [0.2, 0.25) is 0 Å². The van der Waals surface area contributed by atoms with Crippen molar-refractivity contribution in [2.45, 2.75) is 18.2 Å². The van der Waals surface area contributed by atoms with Crippen LogP contribution in [0.25, 0.3) is 6.08 Å². The number of nitrogens with zero attached hydrogens (tertiary/aromatic N) is 3. The predicted molar refractivity (Wildman–Crippen MR) is 142 cm³/mol. The Labute approximate surface area is 210 Å². The Morgan fingerprint density at radius 2 is 1.79 bits per heavy atom. The SMILES string of the molecule is CCOC(=O)C1=NN(c2ccc(C)cc2)[C@@]2(S1)S/C(=C\c1cccs1)C(=O)N2c1ccccc1.